The van der Waals surface area contributed by atoms with Crippen LogP contribution >= 0.6 is 0 Å². The highest BCUT2D eigenvalue weighted by atomic mass is 16.5. The molecular formula is C10H19N3O2. The smallest absolute Gasteiger partial charge is 0.404 e. The number of carbonyl (C=O) groups excluding carboxylic acids is 1. The number of nitrogens with zero attached hydrogens (tertiary/aromatic N) is 1. The number of nitriles is 1. The number of rotatable bonds is 7. The molecule has 0 bridgehead atoms. The van der Waals surface area contributed by atoms with Crippen LogP contribution in [0, 0.1) is 16.7 Å². The highest BCUT2D eigenvalue weighted by molar-refractivity contribution is 5.64. The first-order valence-corrected chi connectivity index (χ1v) is 4.98. The zero-order chi connectivity index (χ0) is 11.7. The van der Waals surface area contributed by atoms with Crippen molar-refractivity contribution in [3.8, 4) is 6.07 Å². The lowest BCUT2D eigenvalue weighted by Crippen LogP contribution is -2.32. The van der Waals surface area contributed by atoms with E-state index < -0.39 is 6.09 Å². The Bertz CT molecular complexity index is 233. The second-order valence-electron chi connectivity index (χ2n) is 4.17. The molecule has 0 rings (SSSR count). The Morgan fingerprint density at radius 2 is 2.27 bits per heavy atom. The molecule has 86 valence electrons. The molecule has 0 saturated carbocycles. The summed E-state index contributed by atoms with van der Waals surface area (Å²) in [7, 11) is 0. The topological polar surface area (TPSA) is 88.1 Å². The lowest BCUT2D eigenvalue weighted by Gasteiger charge is -2.23. The van der Waals surface area contributed by atoms with Crippen LogP contribution in [-0.2, 0) is 4.74 Å². The van der Waals surface area contributed by atoms with Gasteiger partial charge in [-0.25, -0.2) is 4.79 Å². The predicted octanol–water partition coefficient (Wildman–Crippen LogP) is 1.00. The number of amides is 1. The van der Waals surface area contributed by atoms with Crippen LogP contribution in [-0.4, -0.2) is 25.8 Å². The number of nitrogens with one attached hydrogen (secondary N) is 1. The van der Waals surface area contributed by atoms with Crippen LogP contribution in [0.25, 0.3) is 0 Å². The van der Waals surface area contributed by atoms with Crippen molar-refractivity contribution < 1.29 is 9.53 Å². The molecule has 3 N–H and O–H groups in total. The van der Waals surface area contributed by atoms with Gasteiger partial charge in [-0.15, -0.1) is 0 Å². The van der Waals surface area contributed by atoms with Crippen LogP contribution in [0.4, 0.5) is 4.79 Å². The molecular weight excluding hydrogens is 194 g/mol. The highest BCUT2D eigenvalue weighted by Crippen LogP contribution is 2.20. The molecule has 0 spiro atoms. The highest BCUT2D eigenvalue weighted by Gasteiger charge is 2.16. The summed E-state index contributed by atoms with van der Waals surface area (Å²) >= 11 is 0. The molecule has 0 aliphatic carbocycles. The molecule has 0 fully saturated rings. The first-order valence-electron chi connectivity index (χ1n) is 4.98. The van der Waals surface area contributed by atoms with Crippen LogP contribution in [0.2, 0.25) is 0 Å². The van der Waals surface area contributed by atoms with Crippen LogP contribution in [0.3, 0.4) is 0 Å². The van der Waals surface area contributed by atoms with Gasteiger partial charge in [-0.05, 0) is 11.8 Å². The van der Waals surface area contributed by atoms with Gasteiger partial charge in [-0.3, -0.25) is 0 Å². The van der Waals surface area contributed by atoms with Crippen molar-refractivity contribution in [2.75, 3.05) is 19.7 Å². The van der Waals surface area contributed by atoms with Crippen LogP contribution < -0.4 is 11.1 Å². The van der Waals surface area contributed by atoms with Crippen LogP contribution in [0.5, 0.6) is 0 Å². The third kappa shape index (κ3) is 9.03. The molecule has 5 heteroatoms. The Balaban J connectivity index is 3.49. The summed E-state index contributed by atoms with van der Waals surface area (Å²) in [5.41, 5.74) is 4.89. The molecule has 0 aromatic rings. The fourth-order valence-electron chi connectivity index (χ4n) is 1.13. The van der Waals surface area contributed by atoms with Crippen molar-refractivity contribution in [3.05, 3.63) is 0 Å². The van der Waals surface area contributed by atoms with Crippen molar-refractivity contribution in [3.63, 3.8) is 0 Å². The predicted molar refractivity (Wildman–Crippen MR) is 57.0 cm³/mol. The maximum Gasteiger partial charge on any atom is 0.404 e. The number of hydrogen-bond acceptors (Lipinski definition) is 4. The average Bonchev–Trinajstić information content (AvgIpc) is 2.14. The Morgan fingerprint density at radius 3 is 2.80 bits per heavy atom. The Morgan fingerprint density at radius 1 is 1.60 bits per heavy atom. The lowest BCUT2D eigenvalue weighted by molar-refractivity contribution is 0.155. The van der Waals surface area contributed by atoms with E-state index in [0.717, 1.165) is 13.0 Å². The molecule has 0 aromatic carbocycles. The number of hydrogen-bond donors (Lipinski definition) is 2. The molecule has 15 heavy (non-hydrogen) atoms. The minimum Gasteiger partial charge on any atom is -0.448 e. The van der Waals surface area contributed by atoms with E-state index in [0.29, 0.717) is 13.0 Å². The summed E-state index contributed by atoms with van der Waals surface area (Å²) < 4.78 is 4.56. The normalized spacial score (nSPS) is 10.7. The van der Waals surface area contributed by atoms with Gasteiger partial charge in [0.1, 0.15) is 6.61 Å². The van der Waals surface area contributed by atoms with Gasteiger partial charge in [-0.1, -0.05) is 13.8 Å². The zero-order valence-corrected chi connectivity index (χ0v) is 9.38. The largest absolute Gasteiger partial charge is 0.448 e. The van der Waals surface area contributed by atoms with Crippen LogP contribution in [0.15, 0.2) is 0 Å². The maximum atomic E-state index is 10.2. The molecule has 0 aromatic heterocycles. The van der Waals surface area contributed by atoms with Gasteiger partial charge in [0.2, 0.25) is 0 Å². The van der Waals surface area contributed by atoms with Crippen molar-refractivity contribution in [2.45, 2.75) is 26.7 Å². The third-order valence-corrected chi connectivity index (χ3v) is 2.04. The second kappa shape index (κ2) is 7.07. The summed E-state index contributed by atoms with van der Waals surface area (Å²) in [5.74, 6) is 0. The molecule has 1 amide bonds. The number of nitrogens with two attached hydrogens (primary N) is 1. The summed E-state index contributed by atoms with van der Waals surface area (Å²) in [4.78, 5) is 10.2. The first-order chi connectivity index (χ1) is 6.98. The first kappa shape index (κ1) is 13.7. The van der Waals surface area contributed by atoms with E-state index in [-0.39, 0.29) is 12.0 Å². The molecule has 0 aliphatic heterocycles. The Labute approximate surface area is 90.6 Å². The van der Waals surface area contributed by atoms with Crippen molar-refractivity contribution >= 4 is 6.09 Å². The molecule has 0 aliphatic rings. The fourth-order valence-corrected chi connectivity index (χ4v) is 1.13. The van der Waals surface area contributed by atoms with E-state index in [1.54, 1.807) is 0 Å². The zero-order valence-electron chi connectivity index (χ0n) is 9.38. The summed E-state index contributed by atoms with van der Waals surface area (Å²) in [5, 5.41) is 11.6. The molecule has 5 nitrogen and oxygen atoms in total. The van der Waals surface area contributed by atoms with Crippen molar-refractivity contribution in [1.29, 1.82) is 5.26 Å². The monoisotopic (exact) mass is 213 g/mol. The van der Waals surface area contributed by atoms with Gasteiger partial charge >= 0.3 is 6.09 Å². The molecule has 0 atom stereocenters. The average molecular weight is 213 g/mol. The Kier molecular flexibility index (Phi) is 6.47. The van der Waals surface area contributed by atoms with E-state index in [1.165, 1.54) is 0 Å². The van der Waals surface area contributed by atoms with Crippen molar-refractivity contribution in [1.82, 2.24) is 5.32 Å². The van der Waals surface area contributed by atoms with Gasteiger partial charge in [0, 0.05) is 19.5 Å². The van der Waals surface area contributed by atoms with Gasteiger partial charge in [0.05, 0.1) is 6.07 Å². The van der Waals surface area contributed by atoms with Gasteiger partial charge in [-0.2, -0.15) is 5.26 Å². The summed E-state index contributed by atoms with van der Waals surface area (Å²) in [6.45, 7) is 5.83. The van der Waals surface area contributed by atoms with Gasteiger partial charge in [0.15, 0.2) is 0 Å². The minimum absolute atomic E-state index is 0.0858. The molecule has 0 heterocycles. The molecule has 0 unspecified atom stereocenters. The maximum absolute atomic E-state index is 10.2. The quantitative estimate of drug-likeness (QED) is 0.617. The number of primary amides is 1. The minimum atomic E-state index is -0.749. The van der Waals surface area contributed by atoms with Crippen molar-refractivity contribution in [2.24, 2.45) is 11.1 Å². The SMILES string of the molecule is CC(C)(CCC#N)CNCCOC(N)=O. The second-order valence-corrected chi connectivity index (χ2v) is 4.17. The van der Waals surface area contributed by atoms with Crippen LogP contribution in [0.1, 0.15) is 26.7 Å². The lowest BCUT2D eigenvalue weighted by atomic mass is 9.88. The van der Waals surface area contributed by atoms with E-state index in [2.05, 4.69) is 30.0 Å². The standard InChI is InChI=1S/C10H19N3O2/c1-10(2,4-3-5-11)8-13-6-7-15-9(12)14/h13H,3-4,6-8H2,1-2H3,(H2,12,14). The molecule has 0 saturated heterocycles. The van der Waals surface area contributed by atoms with E-state index in [4.69, 9.17) is 11.0 Å². The summed E-state index contributed by atoms with van der Waals surface area (Å²) in [6, 6.07) is 2.13. The van der Waals surface area contributed by atoms with E-state index >= 15 is 0 Å². The van der Waals surface area contributed by atoms with E-state index in [1.807, 2.05) is 0 Å². The Hall–Kier alpha value is -1.28. The van der Waals surface area contributed by atoms with E-state index in [9.17, 15) is 4.79 Å². The number of carbonyl (C=O) groups is 1. The van der Waals surface area contributed by atoms with Gasteiger partial charge < -0.3 is 15.8 Å². The fraction of sp³-hybridized carbons (Fsp3) is 0.800. The summed E-state index contributed by atoms with van der Waals surface area (Å²) in [6.07, 6.45) is 0.667. The number of ether oxygens (including phenoxy) is 1. The molecule has 0 radical (unpaired) electrons. The third-order valence-electron chi connectivity index (χ3n) is 2.04. The van der Waals surface area contributed by atoms with Gasteiger partial charge in [0.25, 0.3) is 0 Å².